The van der Waals surface area contributed by atoms with Crippen LogP contribution in [-0.4, -0.2) is 12.5 Å². The van der Waals surface area contributed by atoms with Gasteiger partial charge in [-0.3, -0.25) is 4.79 Å². The predicted molar refractivity (Wildman–Crippen MR) is 142 cm³/mol. The average Bonchev–Trinajstić information content (AvgIpc) is 2.91. The standard InChI is InChI=1S/C31H24N2O3/c1-3-18-35-30-17-12-24-6-4-5-7-28(24)29(30)19-25(20-32)31(34)33-26-13-15-27(16-14-26)36-21-23-10-8-22(2)9-11-23/h1,4-17,19H,18,21H2,2H3,(H,33,34)/b25-19+. The lowest BCUT2D eigenvalue weighted by Crippen LogP contribution is -2.13. The number of hydrogen-bond donors (Lipinski definition) is 1. The summed E-state index contributed by atoms with van der Waals surface area (Å²) in [4.78, 5) is 12.9. The molecule has 5 heteroatoms. The molecule has 0 saturated heterocycles. The first-order valence-corrected chi connectivity index (χ1v) is 11.4. The summed E-state index contributed by atoms with van der Waals surface area (Å²) in [6, 6.07) is 28.5. The highest BCUT2D eigenvalue weighted by atomic mass is 16.5. The van der Waals surface area contributed by atoms with E-state index >= 15 is 0 Å². The van der Waals surface area contributed by atoms with Crippen molar-refractivity contribution in [1.29, 1.82) is 5.26 Å². The summed E-state index contributed by atoms with van der Waals surface area (Å²) in [6.45, 7) is 2.56. The Morgan fingerprint density at radius 2 is 1.72 bits per heavy atom. The molecule has 0 atom stereocenters. The Labute approximate surface area is 210 Å². The molecule has 5 nitrogen and oxygen atoms in total. The maximum atomic E-state index is 12.9. The molecule has 0 aromatic heterocycles. The second kappa shape index (κ2) is 11.4. The van der Waals surface area contributed by atoms with Crippen molar-refractivity contribution in [3.8, 4) is 29.9 Å². The number of fused-ring (bicyclic) bond motifs is 1. The van der Waals surface area contributed by atoms with Gasteiger partial charge in [0.2, 0.25) is 0 Å². The lowest BCUT2D eigenvalue weighted by Gasteiger charge is -2.11. The number of hydrogen-bond acceptors (Lipinski definition) is 4. The molecule has 1 N–H and O–H groups in total. The van der Waals surface area contributed by atoms with Gasteiger partial charge in [0, 0.05) is 11.3 Å². The summed E-state index contributed by atoms with van der Waals surface area (Å²) in [7, 11) is 0. The molecule has 0 fully saturated rings. The zero-order valence-corrected chi connectivity index (χ0v) is 19.8. The number of benzene rings is 4. The minimum atomic E-state index is -0.526. The maximum absolute atomic E-state index is 12.9. The Hall–Kier alpha value is -5.00. The minimum absolute atomic E-state index is 0.0587. The molecule has 0 aliphatic heterocycles. The number of aryl methyl sites for hydroxylation is 1. The minimum Gasteiger partial charge on any atom is -0.489 e. The fourth-order valence-electron chi connectivity index (χ4n) is 3.65. The fourth-order valence-corrected chi connectivity index (χ4v) is 3.65. The third-order valence-electron chi connectivity index (χ3n) is 5.53. The predicted octanol–water partition coefficient (Wildman–Crippen LogP) is 6.28. The summed E-state index contributed by atoms with van der Waals surface area (Å²) in [5.74, 6) is 3.09. The van der Waals surface area contributed by atoms with Gasteiger partial charge in [-0.15, -0.1) is 6.42 Å². The van der Waals surface area contributed by atoms with Gasteiger partial charge in [-0.1, -0.05) is 66.1 Å². The molecule has 4 aromatic carbocycles. The molecule has 0 unspecified atom stereocenters. The first kappa shape index (κ1) is 24.1. The molecule has 36 heavy (non-hydrogen) atoms. The van der Waals surface area contributed by atoms with Crippen molar-refractivity contribution >= 4 is 28.4 Å². The van der Waals surface area contributed by atoms with Gasteiger partial charge < -0.3 is 14.8 Å². The Balaban J connectivity index is 1.50. The molecule has 0 aliphatic carbocycles. The van der Waals surface area contributed by atoms with Gasteiger partial charge in [-0.25, -0.2) is 0 Å². The van der Waals surface area contributed by atoms with E-state index in [1.165, 1.54) is 11.6 Å². The number of nitrogens with zero attached hydrogens (tertiary/aromatic N) is 1. The van der Waals surface area contributed by atoms with Crippen LogP contribution < -0.4 is 14.8 Å². The van der Waals surface area contributed by atoms with Crippen LogP contribution in [0.2, 0.25) is 0 Å². The number of terminal acetylenes is 1. The lowest BCUT2D eigenvalue weighted by molar-refractivity contribution is -0.112. The molecule has 176 valence electrons. The number of nitriles is 1. The Morgan fingerprint density at radius 1 is 0.972 bits per heavy atom. The summed E-state index contributed by atoms with van der Waals surface area (Å²) in [5, 5.41) is 14.3. The van der Waals surface area contributed by atoms with Gasteiger partial charge in [-0.05, 0) is 59.7 Å². The number of nitrogens with one attached hydrogen (secondary N) is 1. The third-order valence-corrected chi connectivity index (χ3v) is 5.53. The molecule has 1 amide bonds. The van der Waals surface area contributed by atoms with Gasteiger partial charge in [0.05, 0.1) is 0 Å². The van der Waals surface area contributed by atoms with E-state index in [-0.39, 0.29) is 12.2 Å². The Bertz CT molecular complexity index is 1490. The Kier molecular flexibility index (Phi) is 7.66. The first-order chi connectivity index (χ1) is 17.6. The highest BCUT2D eigenvalue weighted by molar-refractivity contribution is 6.11. The number of carbonyl (C=O) groups is 1. The molecular weight excluding hydrogens is 448 g/mol. The van der Waals surface area contributed by atoms with E-state index in [2.05, 4.69) is 11.2 Å². The quantitative estimate of drug-likeness (QED) is 0.186. The number of ether oxygens (including phenoxy) is 2. The Morgan fingerprint density at radius 3 is 2.44 bits per heavy atom. The van der Waals surface area contributed by atoms with E-state index in [1.807, 2.05) is 67.6 Å². The zero-order valence-electron chi connectivity index (χ0n) is 19.8. The summed E-state index contributed by atoms with van der Waals surface area (Å²) in [5.41, 5.74) is 3.37. The number of amides is 1. The van der Waals surface area contributed by atoms with Crippen LogP contribution in [0.15, 0.2) is 90.5 Å². The van der Waals surface area contributed by atoms with Crippen LogP contribution in [0.1, 0.15) is 16.7 Å². The van der Waals surface area contributed by atoms with Gasteiger partial charge in [0.1, 0.15) is 36.4 Å². The molecule has 0 spiro atoms. The van der Waals surface area contributed by atoms with Gasteiger partial charge in [0.25, 0.3) is 5.91 Å². The summed E-state index contributed by atoms with van der Waals surface area (Å²) in [6.07, 6.45) is 6.88. The molecule has 0 heterocycles. The fraction of sp³-hybridized carbons (Fsp3) is 0.0968. The SMILES string of the molecule is C#CCOc1ccc2ccccc2c1/C=C(\C#N)C(=O)Nc1ccc(OCc2ccc(C)cc2)cc1. The van der Waals surface area contributed by atoms with Crippen molar-refractivity contribution in [2.24, 2.45) is 0 Å². The topological polar surface area (TPSA) is 71.3 Å². The van der Waals surface area contributed by atoms with Crippen molar-refractivity contribution in [3.05, 3.63) is 107 Å². The van der Waals surface area contributed by atoms with E-state index in [9.17, 15) is 10.1 Å². The van der Waals surface area contributed by atoms with E-state index < -0.39 is 5.91 Å². The number of carbonyl (C=O) groups excluding carboxylic acids is 1. The maximum Gasteiger partial charge on any atom is 0.266 e. The van der Waals surface area contributed by atoms with Gasteiger partial charge >= 0.3 is 0 Å². The van der Waals surface area contributed by atoms with Crippen molar-refractivity contribution < 1.29 is 14.3 Å². The average molecular weight is 473 g/mol. The molecule has 0 saturated carbocycles. The van der Waals surface area contributed by atoms with Crippen LogP contribution in [0.4, 0.5) is 5.69 Å². The van der Waals surface area contributed by atoms with Crippen molar-refractivity contribution in [1.82, 2.24) is 0 Å². The van der Waals surface area contributed by atoms with Crippen LogP contribution in [0.5, 0.6) is 11.5 Å². The smallest absolute Gasteiger partial charge is 0.266 e. The highest BCUT2D eigenvalue weighted by Crippen LogP contribution is 2.30. The van der Waals surface area contributed by atoms with Crippen molar-refractivity contribution in [3.63, 3.8) is 0 Å². The van der Waals surface area contributed by atoms with Crippen LogP contribution in [0.25, 0.3) is 16.8 Å². The van der Waals surface area contributed by atoms with E-state index in [4.69, 9.17) is 15.9 Å². The van der Waals surface area contributed by atoms with Crippen LogP contribution in [-0.2, 0) is 11.4 Å². The zero-order chi connectivity index (χ0) is 25.3. The molecule has 4 aromatic rings. The monoisotopic (exact) mass is 472 g/mol. The highest BCUT2D eigenvalue weighted by Gasteiger charge is 2.14. The summed E-state index contributed by atoms with van der Waals surface area (Å²) < 4.78 is 11.5. The van der Waals surface area contributed by atoms with Gasteiger partial charge in [-0.2, -0.15) is 5.26 Å². The van der Waals surface area contributed by atoms with Gasteiger partial charge in [0.15, 0.2) is 0 Å². The van der Waals surface area contributed by atoms with Crippen LogP contribution >= 0.6 is 0 Å². The first-order valence-electron chi connectivity index (χ1n) is 11.4. The third kappa shape index (κ3) is 5.91. The molecule has 0 bridgehead atoms. The molecule has 4 rings (SSSR count). The number of rotatable bonds is 8. The second-order valence-corrected chi connectivity index (χ2v) is 8.11. The van der Waals surface area contributed by atoms with Crippen molar-refractivity contribution in [2.75, 3.05) is 11.9 Å². The molecule has 0 radical (unpaired) electrons. The normalized spacial score (nSPS) is 10.8. The molecule has 0 aliphatic rings. The largest absolute Gasteiger partial charge is 0.489 e. The molecular formula is C31H24N2O3. The van der Waals surface area contributed by atoms with Crippen LogP contribution in [0.3, 0.4) is 0 Å². The van der Waals surface area contributed by atoms with E-state index in [1.54, 1.807) is 30.3 Å². The second-order valence-electron chi connectivity index (χ2n) is 8.11. The van der Waals surface area contributed by atoms with Crippen LogP contribution in [0, 0.1) is 30.6 Å². The lowest BCUT2D eigenvalue weighted by atomic mass is 10.0. The summed E-state index contributed by atoms with van der Waals surface area (Å²) >= 11 is 0. The van der Waals surface area contributed by atoms with E-state index in [0.717, 1.165) is 16.3 Å². The van der Waals surface area contributed by atoms with Crippen molar-refractivity contribution in [2.45, 2.75) is 13.5 Å². The number of anilines is 1. The van der Waals surface area contributed by atoms with E-state index in [0.29, 0.717) is 29.4 Å².